The van der Waals surface area contributed by atoms with Crippen LogP contribution in [0.4, 0.5) is 0 Å². The maximum Gasteiger partial charge on any atom is 0.352 e. The van der Waals surface area contributed by atoms with E-state index in [4.69, 9.17) is 14.3 Å². The maximum atomic E-state index is 12.0. The topological polar surface area (TPSA) is 67.8 Å². The zero-order chi connectivity index (χ0) is 10.5. The van der Waals surface area contributed by atoms with Crippen LogP contribution in [0.1, 0.15) is 27.7 Å². The summed E-state index contributed by atoms with van der Waals surface area (Å²) in [5, 5.41) is 7.72. The molecule has 0 aromatic rings. The van der Waals surface area contributed by atoms with Gasteiger partial charge in [0.1, 0.15) is 5.28 Å². The first-order valence-corrected chi connectivity index (χ1v) is 5.78. The molecule has 0 spiro atoms. The van der Waals surface area contributed by atoms with Gasteiger partial charge in [0.2, 0.25) is 0 Å². The van der Waals surface area contributed by atoms with E-state index in [0.29, 0.717) is 0 Å². The fourth-order valence-electron chi connectivity index (χ4n) is 0.761. The number of rotatable bonds is 6. The molecule has 0 atom stereocenters. The fraction of sp³-hybridized carbons (Fsp3) is 1.00. The van der Waals surface area contributed by atoms with Crippen LogP contribution in [0.25, 0.3) is 0 Å². The third-order valence-electron chi connectivity index (χ3n) is 1.56. The fourth-order valence-corrected chi connectivity index (χ4v) is 2.28. The molecule has 80 valence electrons. The van der Waals surface area contributed by atoms with Crippen LogP contribution in [-0.4, -0.2) is 23.7 Å². The largest absolute Gasteiger partial charge is 0.352 e. The molecule has 0 amide bonds. The Morgan fingerprint density at radius 3 is 1.92 bits per heavy atom. The van der Waals surface area contributed by atoms with Crippen molar-refractivity contribution in [2.75, 3.05) is 13.2 Å². The maximum absolute atomic E-state index is 12.0. The summed E-state index contributed by atoms with van der Waals surface area (Å²) in [6.45, 7) is 7.11. The van der Waals surface area contributed by atoms with Crippen LogP contribution < -0.4 is 5.48 Å². The molecule has 0 aliphatic carbocycles. The average molecular weight is 211 g/mol. The predicted octanol–water partition coefficient (Wildman–Crippen LogP) is 1.97. The van der Waals surface area contributed by atoms with Crippen molar-refractivity contribution in [2.24, 2.45) is 0 Å². The summed E-state index contributed by atoms with van der Waals surface area (Å²) in [7, 11) is -3.28. The van der Waals surface area contributed by atoms with Gasteiger partial charge >= 0.3 is 7.60 Å². The van der Waals surface area contributed by atoms with Gasteiger partial charge in [0.25, 0.3) is 0 Å². The van der Waals surface area contributed by atoms with Crippen molar-refractivity contribution in [3.63, 3.8) is 0 Å². The van der Waals surface area contributed by atoms with Crippen LogP contribution in [0.2, 0.25) is 0 Å². The summed E-state index contributed by atoms with van der Waals surface area (Å²) in [6.07, 6.45) is 0. The molecule has 0 aliphatic rings. The number of hydrogen-bond donors (Lipinski definition) is 2. The Kier molecular flexibility index (Phi) is 5.10. The highest BCUT2D eigenvalue weighted by molar-refractivity contribution is 7.55. The van der Waals surface area contributed by atoms with Crippen molar-refractivity contribution < 1.29 is 18.8 Å². The van der Waals surface area contributed by atoms with Gasteiger partial charge in [-0.15, -0.1) is 0 Å². The summed E-state index contributed by atoms with van der Waals surface area (Å²) >= 11 is 0. The van der Waals surface area contributed by atoms with Gasteiger partial charge in [0, 0.05) is 0 Å². The molecule has 0 bridgehead atoms. The molecule has 2 N–H and O–H groups in total. The third-order valence-corrected chi connectivity index (χ3v) is 4.22. The number of hydroxylamine groups is 1. The van der Waals surface area contributed by atoms with Crippen LogP contribution in [0.3, 0.4) is 0 Å². The minimum Gasteiger partial charge on any atom is -0.316 e. The SMILES string of the molecule is CCOP(=O)(OCC)C(C)(C)NO. The average Bonchev–Trinajstić information content (AvgIpc) is 2.05. The summed E-state index contributed by atoms with van der Waals surface area (Å²) in [5.74, 6) is 0. The lowest BCUT2D eigenvalue weighted by Gasteiger charge is -2.30. The highest BCUT2D eigenvalue weighted by Crippen LogP contribution is 2.58. The van der Waals surface area contributed by atoms with Crippen LogP contribution in [0.15, 0.2) is 0 Å². The van der Waals surface area contributed by atoms with Crippen LogP contribution >= 0.6 is 7.60 Å². The van der Waals surface area contributed by atoms with Gasteiger partial charge in [-0.05, 0) is 27.7 Å². The lowest BCUT2D eigenvalue weighted by Crippen LogP contribution is -2.37. The van der Waals surface area contributed by atoms with Crippen molar-refractivity contribution in [1.82, 2.24) is 5.48 Å². The molecule has 0 aromatic heterocycles. The lowest BCUT2D eigenvalue weighted by molar-refractivity contribution is 0.0909. The second-order valence-electron chi connectivity index (χ2n) is 3.00. The van der Waals surface area contributed by atoms with Crippen LogP contribution in [0.5, 0.6) is 0 Å². The van der Waals surface area contributed by atoms with Crippen molar-refractivity contribution in [3.8, 4) is 0 Å². The Balaban J connectivity index is 4.67. The summed E-state index contributed by atoms with van der Waals surface area (Å²) in [5.41, 5.74) is 1.94. The Bertz CT molecular complexity index is 185. The Hall–Kier alpha value is 0.0700. The summed E-state index contributed by atoms with van der Waals surface area (Å²) < 4.78 is 22.1. The molecule has 0 saturated heterocycles. The standard InChI is InChI=1S/C7H18NO4P/c1-5-11-13(10,12-6-2)7(3,4)8-9/h8-9H,5-6H2,1-4H3. The Morgan fingerprint density at radius 2 is 1.69 bits per heavy atom. The minimum atomic E-state index is -3.28. The van der Waals surface area contributed by atoms with E-state index >= 15 is 0 Å². The van der Waals surface area contributed by atoms with Crippen molar-refractivity contribution in [3.05, 3.63) is 0 Å². The first-order valence-electron chi connectivity index (χ1n) is 4.24. The van der Waals surface area contributed by atoms with Gasteiger partial charge in [-0.3, -0.25) is 4.57 Å². The summed E-state index contributed by atoms with van der Waals surface area (Å²) in [6, 6.07) is 0. The molecule has 0 heterocycles. The molecule has 0 unspecified atom stereocenters. The van der Waals surface area contributed by atoms with E-state index in [2.05, 4.69) is 0 Å². The van der Waals surface area contributed by atoms with Gasteiger partial charge < -0.3 is 14.3 Å². The first kappa shape index (κ1) is 13.1. The van der Waals surface area contributed by atoms with E-state index in [1.165, 1.54) is 0 Å². The highest BCUT2D eigenvalue weighted by atomic mass is 31.2. The predicted molar refractivity (Wildman–Crippen MR) is 49.9 cm³/mol. The Morgan fingerprint density at radius 1 is 1.31 bits per heavy atom. The molecule has 0 radical (unpaired) electrons. The lowest BCUT2D eigenvalue weighted by atomic mass is 10.4. The van der Waals surface area contributed by atoms with E-state index < -0.39 is 12.9 Å². The number of hydrogen-bond acceptors (Lipinski definition) is 5. The van der Waals surface area contributed by atoms with E-state index in [0.717, 1.165) is 0 Å². The molecule has 0 saturated carbocycles. The molecule has 0 aliphatic heterocycles. The van der Waals surface area contributed by atoms with Gasteiger partial charge in [-0.2, -0.15) is 5.48 Å². The van der Waals surface area contributed by atoms with Crippen LogP contribution in [-0.2, 0) is 13.6 Å². The van der Waals surface area contributed by atoms with Crippen molar-refractivity contribution in [2.45, 2.75) is 33.0 Å². The van der Waals surface area contributed by atoms with Crippen molar-refractivity contribution in [1.29, 1.82) is 0 Å². The summed E-state index contributed by atoms with van der Waals surface area (Å²) in [4.78, 5) is 0. The smallest absolute Gasteiger partial charge is 0.316 e. The second kappa shape index (κ2) is 5.08. The highest BCUT2D eigenvalue weighted by Gasteiger charge is 2.43. The van der Waals surface area contributed by atoms with Gasteiger partial charge in [0.15, 0.2) is 0 Å². The second-order valence-corrected chi connectivity index (χ2v) is 5.63. The van der Waals surface area contributed by atoms with Gasteiger partial charge in [-0.1, -0.05) is 0 Å². The zero-order valence-corrected chi connectivity index (χ0v) is 9.43. The van der Waals surface area contributed by atoms with E-state index in [1.54, 1.807) is 27.7 Å². The van der Waals surface area contributed by atoms with Crippen LogP contribution in [0, 0.1) is 0 Å². The van der Waals surface area contributed by atoms with Gasteiger partial charge in [0.05, 0.1) is 13.2 Å². The molecular formula is C7H18NO4P. The van der Waals surface area contributed by atoms with Crippen molar-refractivity contribution >= 4 is 7.60 Å². The molecule has 0 rings (SSSR count). The molecule has 6 heteroatoms. The molecule has 5 nitrogen and oxygen atoms in total. The number of nitrogens with one attached hydrogen (secondary N) is 1. The zero-order valence-electron chi connectivity index (χ0n) is 8.53. The normalized spacial score (nSPS) is 13.3. The van der Waals surface area contributed by atoms with E-state index in [9.17, 15) is 4.57 Å². The Labute approximate surface area is 78.9 Å². The molecular weight excluding hydrogens is 193 g/mol. The van der Waals surface area contributed by atoms with E-state index in [-0.39, 0.29) is 13.2 Å². The molecule has 0 fully saturated rings. The third kappa shape index (κ3) is 3.04. The minimum absolute atomic E-state index is 0.280. The van der Waals surface area contributed by atoms with E-state index in [1.807, 2.05) is 5.48 Å². The first-order chi connectivity index (χ1) is 5.93. The molecule has 0 aromatic carbocycles. The quantitative estimate of drug-likeness (QED) is 0.519. The van der Waals surface area contributed by atoms with Gasteiger partial charge in [-0.25, -0.2) is 0 Å². The monoisotopic (exact) mass is 211 g/mol. The molecule has 13 heavy (non-hydrogen) atoms.